The van der Waals surface area contributed by atoms with Crippen molar-refractivity contribution in [1.29, 1.82) is 0 Å². The van der Waals surface area contributed by atoms with Gasteiger partial charge in [0.2, 0.25) is 0 Å². The molecule has 4 aliphatic rings. The van der Waals surface area contributed by atoms with Crippen LogP contribution in [0.4, 0.5) is 0 Å². The number of hydrogen-bond acceptors (Lipinski definition) is 3. The van der Waals surface area contributed by atoms with E-state index in [1.807, 2.05) is 31.2 Å². The normalized spacial score (nSPS) is 44.0. The second kappa shape index (κ2) is 8.16. The van der Waals surface area contributed by atoms with Gasteiger partial charge in [0.15, 0.2) is 0 Å². The Hall–Kier alpha value is -1.79. The molecule has 0 bridgehead atoms. The molecule has 1 aromatic rings. The Morgan fingerprint density at radius 3 is 2.52 bits per heavy atom. The van der Waals surface area contributed by atoms with Crippen molar-refractivity contribution in [3.8, 4) is 17.6 Å². The van der Waals surface area contributed by atoms with Gasteiger partial charge in [-0.1, -0.05) is 37.8 Å². The molecular weight excluding hydrogens is 408 g/mol. The highest BCUT2D eigenvalue weighted by Gasteiger charge is 2.61. The maximum Gasteiger partial charge on any atom is 0.134 e. The maximum absolute atomic E-state index is 12.4. The van der Waals surface area contributed by atoms with Gasteiger partial charge in [-0.2, -0.15) is 0 Å². The Labute approximate surface area is 199 Å². The lowest BCUT2D eigenvalue weighted by molar-refractivity contribution is -0.144. The molecule has 4 fully saturated rings. The fourth-order valence-electron chi connectivity index (χ4n) is 8.96. The Morgan fingerprint density at radius 1 is 1.00 bits per heavy atom. The number of rotatable bonds is 2. The monoisotopic (exact) mass is 448 g/mol. The molecule has 0 saturated heterocycles. The Bertz CT molecular complexity index is 988. The molecular formula is C30H40O3. The largest absolute Gasteiger partial charge is 0.495 e. The summed E-state index contributed by atoms with van der Waals surface area (Å²) in [5.74, 6) is 10.7. The number of methoxy groups -OCH3 is 1. The number of fused-ring (bicyclic) bond motifs is 5. The lowest BCUT2D eigenvalue weighted by atomic mass is 9.44. The van der Waals surface area contributed by atoms with Gasteiger partial charge in [0, 0.05) is 5.92 Å². The summed E-state index contributed by atoms with van der Waals surface area (Å²) in [5, 5.41) is 11.5. The van der Waals surface area contributed by atoms with Crippen LogP contribution in [0.3, 0.4) is 0 Å². The van der Waals surface area contributed by atoms with E-state index >= 15 is 0 Å². The average molecular weight is 449 g/mol. The summed E-state index contributed by atoms with van der Waals surface area (Å²) in [6.45, 7) is 6.76. The van der Waals surface area contributed by atoms with Crippen molar-refractivity contribution in [1.82, 2.24) is 0 Å². The van der Waals surface area contributed by atoms with Crippen molar-refractivity contribution < 1.29 is 14.6 Å². The molecule has 4 aliphatic carbocycles. The van der Waals surface area contributed by atoms with E-state index in [1.165, 1.54) is 32.1 Å². The number of carbonyl (C=O) groups excluding carboxylic acids is 1. The van der Waals surface area contributed by atoms with E-state index in [0.717, 1.165) is 48.8 Å². The first-order chi connectivity index (χ1) is 15.7. The van der Waals surface area contributed by atoms with E-state index in [2.05, 4.69) is 25.7 Å². The number of Topliss-reactive ketones (excluding diaryl/α,β-unsaturated/α-hetero) is 1. The highest BCUT2D eigenvalue weighted by Crippen LogP contribution is 2.68. The minimum absolute atomic E-state index is 0.214. The van der Waals surface area contributed by atoms with Crippen molar-refractivity contribution in [2.75, 3.05) is 7.11 Å². The van der Waals surface area contributed by atoms with Crippen molar-refractivity contribution >= 4 is 5.78 Å². The summed E-state index contributed by atoms with van der Waals surface area (Å²) in [4.78, 5) is 12.4. The molecule has 0 aromatic heterocycles. The molecule has 5 rings (SSSR count). The first kappa shape index (κ1) is 23.0. The smallest absolute Gasteiger partial charge is 0.134 e. The highest BCUT2D eigenvalue weighted by molar-refractivity contribution is 5.79. The van der Waals surface area contributed by atoms with E-state index in [-0.39, 0.29) is 16.7 Å². The number of hydrogen-bond donors (Lipinski definition) is 1. The second-order valence-corrected chi connectivity index (χ2v) is 12.1. The summed E-state index contributed by atoms with van der Waals surface area (Å²) in [6.07, 6.45) is 9.81. The van der Waals surface area contributed by atoms with Crippen molar-refractivity contribution in [3.63, 3.8) is 0 Å². The maximum atomic E-state index is 12.4. The number of benzene rings is 1. The van der Waals surface area contributed by atoms with E-state index in [0.29, 0.717) is 17.6 Å². The number of carbonyl (C=O) groups is 1. The summed E-state index contributed by atoms with van der Waals surface area (Å²) >= 11 is 0. The molecule has 178 valence electrons. The molecule has 3 unspecified atom stereocenters. The van der Waals surface area contributed by atoms with Gasteiger partial charge in [0.25, 0.3) is 0 Å². The van der Waals surface area contributed by atoms with Crippen LogP contribution in [0, 0.1) is 52.3 Å². The molecule has 4 saturated carbocycles. The van der Waals surface area contributed by atoms with Gasteiger partial charge in [-0.25, -0.2) is 0 Å². The molecule has 0 amide bonds. The van der Waals surface area contributed by atoms with Crippen molar-refractivity contribution in [2.45, 2.75) is 84.2 Å². The minimum Gasteiger partial charge on any atom is -0.495 e. The zero-order valence-electron chi connectivity index (χ0n) is 20.8. The van der Waals surface area contributed by atoms with Crippen molar-refractivity contribution in [3.05, 3.63) is 29.8 Å². The lowest BCUT2D eigenvalue weighted by Crippen LogP contribution is -2.56. The Morgan fingerprint density at radius 2 is 1.76 bits per heavy atom. The number of ketones is 1. The standard InChI is InChI=1S/C30H40O3/c1-20(31)24-11-12-25-23-10-9-22-19-30(32,16-13-21-7-5-6-8-27(21)33-4)18-17-28(22,2)26(23)14-15-29(24,25)3/h5-8,22-26,32H,9-12,14-15,17-19H2,1-4H3/t22-,23?,24-,25?,26?,28+,29-,30-/m1/s1. The molecule has 3 nitrogen and oxygen atoms in total. The Balaban J connectivity index is 1.35. The Kier molecular flexibility index (Phi) is 5.68. The van der Waals surface area contributed by atoms with Gasteiger partial charge in [-0.15, -0.1) is 0 Å². The quantitative estimate of drug-likeness (QED) is 0.562. The summed E-state index contributed by atoms with van der Waals surface area (Å²) in [6, 6.07) is 7.79. The van der Waals surface area contributed by atoms with Gasteiger partial charge in [0.05, 0.1) is 12.7 Å². The van der Waals surface area contributed by atoms with Crippen LogP contribution in [0.5, 0.6) is 5.75 Å². The number of para-hydroxylation sites is 1. The van der Waals surface area contributed by atoms with Crippen LogP contribution in [0.15, 0.2) is 24.3 Å². The van der Waals surface area contributed by atoms with Gasteiger partial charge < -0.3 is 9.84 Å². The van der Waals surface area contributed by atoms with Crippen LogP contribution in [0.1, 0.15) is 84.1 Å². The first-order valence-corrected chi connectivity index (χ1v) is 13.1. The molecule has 33 heavy (non-hydrogen) atoms. The number of aliphatic hydroxyl groups is 1. The van der Waals surface area contributed by atoms with Crippen LogP contribution in [0.25, 0.3) is 0 Å². The van der Waals surface area contributed by atoms with Crippen LogP contribution < -0.4 is 4.74 Å². The predicted octanol–water partition coefficient (Wildman–Crippen LogP) is 6.03. The van der Waals surface area contributed by atoms with Gasteiger partial charge in [-0.05, 0) is 111 Å². The van der Waals surface area contributed by atoms with Crippen LogP contribution in [-0.4, -0.2) is 23.6 Å². The summed E-state index contributed by atoms with van der Waals surface area (Å²) in [7, 11) is 1.66. The molecule has 0 radical (unpaired) electrons. The molecule has 1 N–H and O–H groups in total. The van der Waals surface area contributed by atoms with Crippen LogP contribution >= 0.6 is 0 Å². The number of ether oxygens (including phenoxy) is 1. The van der Waals surface area contributed by atoms with Gasteiger partial charge in [0.1, 0.15) is 17.1 Å². The lowest BCUT2D eigenvalue weighted by Gasteiger charge is -2.61. The van der Waals surface area contributed by atoms with E-state index in [9.17, 15) is 9.90 Å². The highest BCUT2D eigenvalue weighted by atomic mass is 16.5. The van der Waals surface area contributed by atoms with Crippen molar-refractivity contribution in [2.24, 2.45) is 40.4 Å². The van der Waals surface area contributed by atoms with Gasteiger partial charge in [-0.3, -0.25) is 4.79 Å². The second-order valence-electron chi connectivity index (χ2n) is 12.1. The average Bonchev–Trinajstić information content (AvgIpc) is 3.16. The van der Waals surface area contributed by atoms with Crippen LogP contribution in [-0.2, 0) is 4.79 Å². The third kappa shape index (κ3) is 3.65. The summed E-state index contributed by atoms with van der Waals surface area (Å²) in [5.41, 5.74) is 0.440. The van der Waals surface area contributed by atoms with E-state index in [4.69, 9.17) is 4.74 Å². The summed E-state index contributed by atoms with van der Waals surface area (Å²) < 4.78 is 5.44. The molecule has 8 atom stereocenters. The third-order valence-electron chi connectivity index (χ3n) is 10.8. The molecule has 0 heterocycles. The van der Waals surface area contributed by atoms with Crippen LogP contribution in [0.2, 0.25) is 0 Å². The zero-order chi connectivity index (χ0) is 23.4. The topological polar surface area (TPSA) is 46.5 Å². The first-order valence-electron chi connectivity index (χ1n) is 13.1. The SMILES string of the molecule is COc1ccccc1C#C[C@@]1(O)CC[C@]2(C)C3CC[C@@]4(C)C(CC[C@@H]4C(C)=O)C3CC[C@@H]2C1. The van der Waals surface area contributed by atoms with E-state index < -0.39 is 5.60 Å². The van der Waals surface area contributed by atoms with Gasteiger partial charge >= 0.3 is 0 Å². The fourth-order valence-corrected chi connectivity index (χ4v) is 8.96. The molecule has 1 aromatic carbocycles. The third-order valence-corrected chi connectivity index (χ3v) is 10.8. The molecule has 0 spiro atoms. The predicted molar refractivity (Wildman–Crippen MR) is 131 cm³/mol. The molecule has 3 heteroatoms. The van der Waals surface area contributed by atoms with E-state index in [1.54, 1.807) is 7.11 Å². The minimum atomic E-state index is -0.909. The fraction of sp³-hybridized carbons (Fsp3) is 0.700. The molecule has 0 aliphatic heterocycles. The zero-order valence-corrected chi connectivity index (χ0v) is 20.8.